The number of alkyl halides is 1. The van der Waals surface area contributed by atoms with Gasteiger partial charge in [-0.3, -0.25) is 0 Å². The summed E-state index contributed by atoms with van der Waals surface area (Å²) in [7, 11) is 0. The van der Waals surface area contributed by atoms with E-state index < -0.39 is 0 Å². The van der Waals surface area contributed by atoms with Crippen LogP contribution in [0.3, 0.4) is 0 Å². The molecular weight excluding hydrogens is 122 g/mol. The second-order valence-electron chi connectivity index (χ2n) is 0.398. The molecule has 0 aromatic heterocycles. The van der Waals surface area contributed by atoms with Crippen LogP contribution in [0.1, 0.15) is 0 Å². The van der Waals surface area contributed by atoms with Gasteiger partial charge in [0.05, 0.1) is 0 Å². The molecule has 0 saturated carbocycles. The van der Waals surface area contributed by atoms with E-state index in [2.05, 4.69) is 0 Å². The number of hydrogen-bond acceptors (Lipinski definition) is 0. The van der Waals surface area contributed by atoms with Gasteiger partial charge in [-0.15, -0.1) is 0 Å². The van der Waals surface area contributed by atoms with Gasteiger partial charge in [-0.25, -0.2) is 0 Å². The van der Waals surface area contributed by atoms with E-state index in [1.807, 2.05) is 5.82 Å². The maximum atomic E-state index is 10.8. The molecule has 0 aliphatic carbocycles. The van der Waals surface area contributed by atoms with Gasteiger partial charge >= 0.3 is 30.7 Å². The van der Waals surface area contributed by atoms with Crippen LogP contribution in [0.2, 0.25) is 5.82 Å². The fourth-order valence-electron chi connectivity index (χ4n) is 0. The predicted octanol–water partition coefficient (Wildman–Crippen LogP) is 0.666. The Labute approximate surface area is 31.6 Å². The molecule has 0 aliphatic heterocycles. The van der Waals surface area contributed by atoms with Crippen molar-refractivity contribution in [1.29, 1.82) is 0 Å². The number of hydrogen-bond donors (Lipinski definition) is 0. The molecule has 0 nitrogen and oxygen atoms in total. The van der Waals surface area contributed by atoms with Crippen molar-refractivity contribution in [3.05, 3.63) is 0 Å². The first-order valence-corrected chi connectivity index (χ1v) is 3.89. The number of rotatable bonds is 1. The first-order chi connectivity index (χ1) is 1.91. The van der Waals surface area contributed by atoms with E-state index in [-0.39, 0.29) is 20.5 Å². The van der Waals surface area contributed by atoms with Gasteiger partial charge in [0.1, 0.15) is 0 Å². The van der Waals surface area contributed by atoms with Gasteiger partial charge in [-0.2, -0.15) is 0 Å². The van der Waals surface area contributed by atoms with Crippen molar-refractivity contribution in [2.75, 3.05) is 5.57 Å². The van der Waals surface area contributed by atoms with Crippen LogP contribution in [0.15, 0.2) is 0 Å². The maximum absolute atomic E-state index is 10.8. The van der Waals surface area contributed by atoms with Crippen molar-refractivity contribution >= 4 is 15.0 Å². The zero-order valence-electron chi connectivity index (χ0n) is 2.49. The van der Waals surface area contributed by atoms with Gasteiger partial charge in [0, 0.05) is 0 Å². The molecule has 0 saturated heterocycles. The normalized spacial score (nSPS) is 7.50. The zero-order chi connectivity index (χ0) is 3.41. The first kappa shape index (κ1) is 4.45. The molecule has 0 unspecified atom stereocenters. The summed E-state index contributed by atoms with van der Waals surface area (Å²) in [6.45, 7) is 0. The molecule has 0 rings (SSSR count). The third-order valence-electron chi connectivity index (χ3n) is 0.109. The Bertz CT molecular complexity index is 8.00. The summed E-state index contributed by atoms with van der Waals surface area (Å²) in [6, 6.07) is 0. The Morgan fingerprint density at radius 3 is 2.25 bits per heavy atom. The molecule has 26 valence electrons. The van der Waals surface area contributed by atoms with Crippen LogP contribution in [0.4, 0.5) is 4.39 Å². The zero-order valence-corrected chi connectivity index (χ0v) is 4.21. The standard InChI is InChI=1S/C2H5FSe/c1-4-2-3/h2H2,1H3. The van der Waals surface area contributed by atoms with Crippen molar-refractivity contribution in [3.63, 3.8) is 0 Å². The third kappa shape index (κ3) is 2.45. The second kappa shape index (κ2) is 3.45. The van der Waals surface area contributed by atoms with E-state index in [0.717, 1.165) is 0 Å². The van der Waals surface area contributed by atoms with Crippen LogP contribution in [0, 0.1) is 0 Å². The molecule has 0 N–H and O–H groups in total. The Hall–Kier alpha value is 0.449. The Balaban J connectivity index is 1.97. The quantitative estimate of drug-likeness (QED) is 0.454. The Kier molecular flexibility index (Phi) is 3.84. The summed E-state index contributed by atoms with van der Waals surface area (Å²) in [5.74, 6) is 1.87. The van der Waals surface area contributed by atoms with Crippen molar-refractivity contribution in [3.8, 4) is 0 Å². The summed E-state index contributed by atoms with van der Waals surface area (Å²) < 4.78 is 10.8. The monoisotopic (exact) mass is 128 g/mol. The number of halogens is 1. The van der Waals surface area contributed by atoms with Crippen LogP contribution in [0.25, 0.3) is 0 Å². The van der Waals surface area contributed by atoms with Gasteiger partial charge in [0.15, 0.2) is 0 Å². The SMILES string of the molecule is C[Se]CF. The van der Waals surface area contributed by atoms with Crippen LogP contribution < -0.4 is 0 Å². The summed E-state index contributed by atoms with van der Waals surface area (Å²) in [6.07, 6.45) is 0. The van der Waals surface area contributed by atoms with Gasteiger partial charge in [0.25, 0.3) is 0 Å². The topological polar surface area (TPSA) is 0 Å². The van der Waals surface area contributed by atoms with E-state index in [0.29, 0.717) is 0 Å². The van der Waals surface area contributed by atoms with E-state index in [1.54, 1.807) is 0 Å². The Morgan fingerprint density at radius 1 is 2.00 bits per heavy atom. The average molecular weight is 127 g/mol. The molecule has 2 heteroatoms. The van der Waals surface area contributed by atoms with Crippen molar-refractivity contribution in [2.45, 2.75) is 5.82 Å². The molecule has 0 aromatic carbocycles. The molecule has 0 radical (unpaired) electrons. The molecule has 0 amide bonds. The van der Waals surface area contributed by atoms with E-state index in [4.69, 9.17) is 0 Å². The molecule has 0 heterocycles. The van der Waals surface area contributed by atoms with E-state index >= 15 is 0 Å². The minimum absolute atomic E-state index is 0.118. The fourth-order valence-corrected chi connectivity index (χ4v) is 0. The van der Waals surface area contributed by atoms with Gasteiger partial charge in [-0.1, -0.05) is 0 Å². The molecule has 0 spiro atoms. The van der Waals surface area contributed by atoms with Crippen LogP contribution in [-0.4, -0.2) is 20.5 Å². The molecular formula is C2H5FSe. The van der Waals surface area contributed by atoms with Gasteiger partial charge < -0.3 is 0 Å². The van der Waals surface area contributed by atoms with Crippen molar-refractivity contribution in [2.24, 2.45) is 0 Å². The van der Waals surface area contributed by atoms with E-state index in [1.165, 1.54) is 0 Å². The summed E-state index contributed by atoms with van der Waals surface area (Å²) in [5.41, 5.74) is -0.118. The van der Waals surface area contributed by atoms with Crippen LogP contribution >= 0.6 is 0 Å². The van der Waals surface area contributed by atoms with Gasteiger partial charge in [-0.05, 0) is 0 Å². The fraction of sp³-hybridized carbons (Fsp3) is 1.00. The summed E-state index contributed by atoms with van der Waals surface area (Å²) in [4.78, 5) is 0. The summed E-state index contributed by atoms with van der Waals surface area (Å²) in [5, 5.41) is 0. The Morgan fingerprint density at radius 2 is 2.25 bits per heavy atom. The van der Waals surface area contributed by atoms with E-state index in [9.17, 15) is 4.39 Å². The molecule has 0 aromatic rings. The average Bonchev–Trinajstić information content (AvgIpc) is 1.37. The molecule has 0 fully saturated rings. The molecule has 0 aliphatic rings. The summed E-state index contributed by atoms with van der Waals surface area (Å²) >= 11 is 0.250. The van der Waals surface area contributed by atoms with Crippen molar-refractivity contribution in [1.82, 2.24) is 0 Å². The first-order valence-electron chi connectivity index (χ1n) is 0.964. The van der Waals surface area contributed by atoms with Crippen molar-refractivity contribution < 1.29 is 4.39 Å². The molecule has 0 atom stereocenters. The predicted molar refractivity (Wildman–Crippen MR) is 17.6 cm³/mol. The minimum atomic E-state index is -0.118. The van der Waals surface area contributed by atoms with Gasteiger partial charge in [0.2, 0.25) is 0 Å². The molecule has 0 bridgehead atoms. The second-order valence-corrected chi connectivity index (χ2v) is 2.07. The van der Waals surface area contributed by atoms with Crippen LogP contribution in [0.5, 0.6) is 0 Å². The van der Waals surface area contributed by atoms with Crippen LogP contribution in [-0.2, 0) is 0 Å². The third-order valence-corrected chi connectivity index (χ3v) is 0.567. The molecule has 4 heavy (non-hydrogen) atoms.